The van der Waals surface area contributed by atoms with Gasteiger partial charge in [0, 0.05) is 0 Å². The van der Waals surface area contributed by atoms with E-state index in [4.69, 9.17) is 4.42 Å². The van der Waals surface area contributed by atoms with Gasteiger partial charge in [0.25, 0.3) is 5.91 Å². The Balaban J connectivity index is 2.06. The zero-order valence-electron chi connectivity index (χ0n) is 8.76. The van der Waals surface area contributed by atoms with Gasteiger partial charge in [-0.15, -0.1) is 10.2 Å². The Hall–Kier alpha value is -2.25. The number of tetrazole rings is 1. The minimum atomic E-state index is -0.354. The Kier molecular flexibility index (Phi) is 2.63. The molecule has 0 fully saturated rings. The summed E-state index contributed by atoms with van der Waals surface area (Å²) in [7, 11) is 0. The van der Waals surface area contributed by atoms with E-state index in [0.29, 0.717) is 11.5 Å². The average Bonchev–Trinajstić information content (AvgIpc) is 2.86. The molecule has 0 bridgehead atoms. The molecule has 0 radical (unpaired) electrons. The van der Waals surface area contributed by atoms with Crippen LogP contribution in [0.2, 0.25) is 0 Å². The molecule has 1 unspecified atom stereocenters. The highest BCUT2D eigenvalue weighted by molar-refractivity contribution is 5.92. The van der Waals surface area contributed by atoms with Crippen LogP contribution >= 0.6 is 0 Å². The van der Waals surface area contributed by atoms with Gasteiger partial charge in [0.2, 0.25) is 5.76 Å². The molecule has 1 amide bonds. The van der Waals surface area contributed by atoms with Gasteiger partial charge in [0.1, 0.15) is 0 Å². The number of nitrogens with one attached hydrogen (secondary N) is 2. The van der Waals surface area contributed by atoms with E-state index in [1.165, 1.54) is 6.39 Å². The molecule has 2 N–H and O–H groups in total. The van der Waals surface area contributed by atoms with Crippen molar-refractivity contribution >= 4 is 5.91 Å². The summed E-state index contributed by atoms with van der Waals surface area (Å²) < 4.78 is 4.96. The van der Waals surface area contributed by atoms with E-state index in [1.807, 2.05) is 0 Å². The fourth-order valence-electron chi connectivity index (χ4n) is 1.20. The van der Waals surface area contributed by atoms with Crippen molar-refractivity contribution in [2.75, 3.05) is 0 Å². The standard InChI is InChI=1S/C8H10N6O2/c1-4-6(16-3-9-4)8(15)10-5(2)7-11-13-14-12-7/h3,5H,1-2H3,(H,10,15)(H,11,12,13,14). The van der Waals surface area contributed by atoms with Crippen LogP contribution in [0.1, 0.15) is 35.0 Å². The van der Waals surface area contributed by atoms with Crippen molar-refractivity contribution in [3.63, 3.8) is 0 Å². The highest BCUT2D eigenvalue weighted by Gasteiger charge is 2.18. The van der Waals surface area contributed by atoms with Gasteiger partial charge in [0.15, 0.2) is 12.2 Å². The van der Waals surface area contributed by atoms with E-state index in [0.717, 1.165) is 0 Å². The number of nitrogens with zero attached hydrogens (tertiary/aromatic N) is 4. The predicted molar refractivity (Wildman–Crippen MR) is 51.3 cm³/mol. The van der Waals surface area contributed by atoms with Crippen molar-refractivity contribution < 1.29 is 9.21 Å². The van der Waals surface area contributed by atoms with Crippen molar-refractivity contribution in [1.82, 2.24) is 30.9 Å². The van der Waals surface area contributed by atoms with Crippen molar-refractivity contribution in [3.8, 4) is 0 Å². The van der Waals surface area contributed by atoms with Crippen LogP contribution in [0.3, 0.4) is 0 Å². The maximum atomic E-state index is 11.7. The van der Waals surface area contributed by atoms with E-state index >= 15 is 0 Å². The van der Waals surface area contributed by atoms with E-state index in [9.17, 15) is 4.79 Å². The van der Waals surface area contributed by atoms with Crippen LogP contribution in [-0.4, -0.2) is 31.5 Å². The third-order valence-corrected chi connectivity index (χ3v) is 2.05. The molecule has 0 aliphatic rings. The van der Waals surface area contributed by atoms with Crippen molar-refractivity contribution in [1.29, 1.82) is 0 Å². The minimum absolute atomic E-state index is 0.190. The summed E-state index contributed by atoms with van der Waals surface area (Å²) >= 11 is 0. The molecule has 8 heteroatoms. The monoisotopic (exact) mass is 222 g/mol. The smallest absolute Gasteiger partial charge is 0.289 e. The Morgan fingerprint density at radius 1 is 1.62 bits per heavy atom. The molecule has 2 heterocycles. The summed E-state index contributed by atoms with van der Waals surface area (Å²) in [4.78, 5) is 15.5. The van der Waals surface area contributed by atoms with E-state index in [-0.39, 0.29) is 17.7 Å². The summed E-state index contributed by atoms with van der Waals surface area (Å²) in [5, 5.41) is 15.9. The van der Waals surface area contributed by atoms with Gasteiger partial charge in [-0.3, -0.25) is 4.79 Å². The first-order valence-electron chi connectivity index (χ1n) is 4.62. The molecule has 0 spiro atoms. The highest BCUT2D eigenvalue weighted by Crippen LogP contribution is 2.08. The molecule has 0 saturated carbocycles. The SMILES string of the molecule is Cc1ncoc1C(=O)NC(C)c1nn[nH]n1. The number of carbonyl (C=O) groups excluding carboxylic acids is 1. The molecule has 1 atom stereocenters. The molecule has 0 aliphatic heterocycles. The lowest BCUT2D eigenvalue weighted by atomic mass is 10.3. The van der Waals surface area contributed by atoms with E-state index in [1.54, 1.807) is 13.8 Å². The van der Waals surface area contributed by atoms with Gasteiger partial charge < -0.3 is 9.73 Å². The van der Waals surface area contributed by atoms with Gasteiger partial charge in [0.05, 0.1) is 11.7 Å². The lowest BCUT2D eigenvalue weighted by Gasteiger charge is -2.07. The third kappa shape index (κ3) is 1.90. The van der Waals surface area contributed by atoms with Crippen molar-refractivity contribution in [2.45, 2.75) is 19.9 Å². The Bertz CT molecular complexity index is 476. The Labute approximate surface area is 90.4 Å². The number of hydrogen-bond acceptors (Lipinski definition) is 6. The van der Waals surface area contributed by atoms with Crippen LogP contribution in [-0.2, 0) is 0 Å². The van der Waals surface area contributed by atoms with Crippen LogP contribution in [0.5, 0.6) is 0 Å². The zero-order valence-corrected chi connectivity index (χ0v) is 8.76. The Morgan fingerprint density at radius 2 is 2.44 bits per heavy atom. The number of hydrogen-bond donors (Lipinski definition) is 2. The molecule has 0 aliphatic carbocycles. The van der Waals surface area contributed by atoms with Crippen LogP contribution in [0, 0.1) is 6.92 Å². The predicted octanol–water partition coefficient (Wildman–Crippen LogP) is -0.0129. The minimum Gasteiger partial charge on any atom is -0.438 e. The average molecular weight is 222 g/mol. The molecule has 2 aromatic rings. The maximum absolute atomic E-state index is 11.7. The van der Waals surface area contributed by atoms with Crippen molar-refractivity contribution in [2.24, 2.45) is 0 Å². The molecule has 0 saturated heterocycles. The number of aryl methyl sites for hydroxylation is 1. The fraction of sp³-hybridized carbons (Fsp3) is 0.375. The quantitative estimate of drug-likeness (QED) is 0.755. The molecule has 8 nitrogen and oxygen atoms in total. The second-order valence-corrected chi connectivity index (χ2v) is 3.23. The van der Waals surface area contributed by atoms with Gasteiger partial charge >= 0.3 is 0 Å². The first-order chi connectivity index (χ1) is 7.68. The maximum Gasteiger partial charge on any atom is 0.289 e. The lowest BCUT2D eigenvalue weighted by Crippen LogP contribution is -2.27. The van der Waals surface area contributed by atoms with Gasteiger partial charge in [-0.25, -0.2) is 4.98 Å². The van der Waals surface area contributed by atoms with E-state index in [2.05, 4.69) is 30.9 Å². The second kappa shape index (κ2) is 4.09. The number of aromatic amines is 1. The number of aromatic nitrogens is 5. The summed E-state index contributed by atoms with van der Waals surface area (Å²) in [6.07, 6.45) is 1.23. The number of carbonyl (C=O) groups is 1. The molecule has 16 heavy (non-hydrogen) atoms. The van der Waals surface area contributed by atoms with Gasteiger partial charge in [-0.2, -0.15) is 5.21 Å². The third-order valence-electron chi connectivity index (χ3n) is 2.05. The van der Waals surface area contributed by atoms with Crippen LogP contribution in [0.15, 0.2) is 10.8 Å². The zero-order chi connectivity index (χ0) is 11.5. The van der Waals surface area contributed by atoms with Crippen LogP contribution < -0.4 is 5.32 Å². The largest absolute Gasteiger partial charge is 0.438 e. The molecular weight excluding hydrogens is 212 g/mol. The van der Waals surface area contributed by atoms with Gasteiger partial charge in [-0.05, 0) is 13.8 Å². The molecule has 0 aromatic carbocycles. The normalized spacial score (nSPS) is 12.4. The molecular formula is C8H10N6O2. The number of H-pyrrole nitrogens is 1. The summed E-state index contributed by atoms with van der Waals surface area (Å²) in [5.74, 6) is 0.244. The summed E-state index contributed by atoms with van der Waals surface area (Å²) in [6.45, 7) is 3.44. The van der Waals surface area contributed by atoms with Crippen LogP contribution in [0.25, 0.3) is 0 Å². The second-order valence-electron chi connectivity index (χ2n) is 3.23. The first-order valence-corrected chi connectivity index (χ1v) is 4.62. The lowest BCUT2D eigenvalue weighted by molar-refractivity contribution is 0.0909. The number of rotatable bonds is 3. The molecule has 84 valence electrons. The fourth-order valence-corrected chi connectivity index (χ4v) is 1.20. The highest BCUT2D eigenvalue weighted by atomic mass is 16.3. The van der Waals surface area contributed by atoms with Gasteiger partial charge in [-0.1, -0.05) is 5.21 Å². The van der Waals surface area contributed by atoms with E-state index < -0.39 is 0 Å². The van der Waals surface area contributed by atoms with Crippen molar-refractivity contribution in [3.05, 3.63) is 23.7 Å². The number of amides is 1. The number of oxazole rings is 1. The Morgan fingerprint density at radius 3 is 3.00 bits per heavy atom. The molecule has 2 aromatic heterocycles. The summed E-state index contributed by atoms with van der Waals surface area (Å²) in [6, 6.07) is -0.351. The first kappa shape index (κ1) is 10.3. The van der Waals surface area contributed by atoms with Crippen LogP contribution in [0.4, 0.5) is 0 Å². The molecule has 2 rings (SSSR count). The summed E-state index contributed by atoms with van der Waals surface area (Å²) in [5.41, 5.74) is 0.540. The topological polar surface area (TPSA) is 110 Å².